The van der Waals surface area contributed by atoms with Gasteiger partial charge in [-0.1, -0.05) is 17.7 Å². The van der Waals surface area contributed by atoms with Crippen molar-refractivity contribution in [3.05, 3.63) is 57.7 Å². The summed E-state index contributed by atoms with van der Waals surface area (Å²) in [5, 5.41) is 9.71. The lowest BCUT2D eigenvalue weighted by atomic mass is 9.82. The molecule has 0 spiro atoms. The van der Waals surface area contributed by atoms with Crippen LogP contribution >= 0.6 is 11.6 Å². The van der Waals surface area contributed by atoms with Gasteiger partial charge in [0, 0.05) is 12.1 Å². The predicted molar refractivity (Wildman–Crippen MR) is 120 cm³/mol. The van der Waals surface area contributed by atoms with Gasteiger partial charge in [-0.05, 0) is 44.0 Å². The van der Waals surface area contributed by atoms with E-state index in [1.807, 2.05) is 6.92 Å². The Hall–Kier alpha value is -3.03. The zero-order chi connectivity index (χ0) is 22.7. The quantitative estimate of drug-likeness (QED) is 0.461. The molecule has 1 aliphatic carbocycles. The molecular weight excluding hydrogens is 436 g/mol. The molecule has 0 unspecified atom stereocenters. The first-order valence-electron chi connectivity index (χ1n) is 10.4. The monoisotopic (exact) mass is 458 g/mol. The van der Waals surface area contributed by atoms with Crippen LogP contribution in [0.2, 0.25) is 5.02 Å². The summed E-state index contributed by atoms with van der Waals surface area (Å²) in [6, 6.07) is 11.7. The van der Waals surface area contributed by atoms with Gasteiger partial charge in [-0.15, -0.1) is 0 Å². The SMILES string of the molecule is CCOc1ccc(-c2cc(=O)c3cccc(Cl)c3o2)c(OCCOC2CC(C(=O)O)C2)c1. The highest BCUT2D eigenvalue weighted by Crippen LogP contribution is 2.35. The van der Waals surface area contributed by atoms with E-state index in [4.69, 9.17) is 35.3 Å². The third-order valence-electron chi connectivity index (χ3n) is 5.37. The second kappa shape index (κ2) is 9.63. The van der Waals surface area contributed by atoms with Crippen molar-refractivity contribution in [3.63, 3.8) is 0 Å². The fourth-order valence-electron chi connectivity index (χ4n) is 3.63. The molecule has 2 aromatic carbocycles. The third-order valence-corrected chi connectivity index (χ3v) is 5.67. The molecule has 168 valence electrons. The number of hydrogen-bond donors (Lipinski definition) is 1. The van der Waals surface area contributed by atoms with E-state index in [1.165, 1.54) is 6.07 Å². The molecule has 1 aromatic heterocycles. The van der Waals surface area contributed by atoms with E-state index in [1.54, 1.807) is 36.4 Å². The van der Waals surface area contributed by atoms with E-state index in [9.17, 15) is 9.59 Å². The molecule has 0 aliphatic heterocycles. The van der Waals surface area contributed by atoms with E-state index in [0.29, 0.717) is 64.9 Å². The molecule has 7 nitrogen and oxygen atoms in total. The van der Waals surface area contributed by atoms with E-state index >= 15 is 0 Å². The van der Waals surface area contributed by atoms with Gasteiger partial charge in [0.05, 0.1) is 41.2 Å². The van der Waals surface area contributed by atoms with Crippen molar-refractivity contribution in [1.29, 1.82) is 0 Å². The maximum Gasteiger partial charge on any atom is 0.306 e. The number of aliphatic carboxylic acids is 1. The van der Waals surface area contributed by atoms with Crippen LogP contribution in [0.5, 0.6) is 11.5 Å². The summed E-state index contributed by atoms with van der Waals surface area (Å²) in [5.74, 6) is 0.328. The number of rotatable bonds is 9. The molecule has 32 heavy (non-hydrogen) atoms. The summed E-state index contributed by atoms with van der Waals surface area (Å²) >= 11 is 6.24. The van der Waals surface area contributed by atoms with Crippen molar-refractivity contribution in [2.45, 2.75) is 25.9 Å². The number of halogens is 1. The summed E-state index contributed by atoms with van der Waals surface area (Å²) in [7, 11) is 0. The number of hydrogen-bond acceptors (Lipinski definition) is 6. The Bertz CT molecular complexity index is 1180. The number of carboxylic acids is 1. The van der Waals surface area contributed by atoms with Crippen LogP contribution in [-0.4, -0.2) is 37.0 Å². The summed E-state index contributed by atoms with van der Waals surface area (Å²) in [6.45, 7) is 2.93. The lowest BCUT2D eigenvalue weighted by Gasteiger charge is -2.32. The molecule has 0 radical (unpaired) electrons. The van der Waals surface area contributed by atoms with E-state index in [0.717, 1.165) is 0 Å². The third kappa shape index (κ3) is 4.74. The molecule has 1 aliphatic rings. The van der Waals surface area contributed by atoms with Gasteiger partial charge in [-0.3, -0.25) is 9.59 Å². The van der Waals surface area contributed by atoms with Gasteiger partial charge < -0.3 is 23.7 Å². The average Bonchev–Trinajstić information content (AvgIpc) is 2.73. The molecular formula is C24H23ClO7. The Balaban J connectivity index is 1.54. The summed E-state index contributed by atoms with van der Waals surface area (Å²) in [4.78, 5) is 23.5. The largest absolute Gasteiger partial charge is 0.494 e. The number of para-hydroxylation sites is 1. The van der Waals surface area contributed by atoms with Crippen LogP contribution in [0.4, 0.5) is 0 Å². The summed E-state index contributed by atoms with van der Waals surface area (Å²) < 4.78 is 23.2. The van der Waals surface area contributed by atoms with Gasteiger partial charge >= 0.3 is 5.97 Å². The Morgan fingerprint density at radius 1 is 1.16 bits per heavy atom. The number of ether oxygens (including phenoxy) is 3. The highest BCUT2D eigenvalue weighted by atomic mass is 35.5. The first-order valence-corrected chi connectivity index (χ1v) is 10.8. The molecule has 1 saturated carbocycles. The standard InChI is InChI=1S/C24H23ClO7/c1-2-29-15-6-7-18(22-13-20(26)17-4-3-5-19(25)23(17)32-22)21(12-15)31-9-8-30-16-10-14(11-16)24(27)28/h3-7,12-14,16H,2,8-11H2,1H3,(H,27,28). The van der Waals surface area contributed by atoms with Gasteiger partial charge in [0.2, 0.25) is 0 Å². The van der Waals surface area contributed by atoms with Crippen molar-refractivity contribution in [2.75, 3.05) is 19.8 Å². The van der Waals surface area contributed by atoms with Gasteiger partial charge in [-0.2, -0.15) is 0 Å². The Morgan fingerprint density at radius 3 is 2.72 bits per heavy atom. The van der Waals surface area contributed by atoms with Crippen LogP contribution in [0.1, 0.15) is 19.8 Å². The lowest BCUT2D eigenvalue weighted by molar-refractivity contribution is -0.151. The van der Waals surface area contributed by atoms with Gasteiger partial charge in [-0.25, -0.2) is 0 Å². The zero-order valence-electron chi connectivity index (χ0n) is 17.5. The van der Waals surface area contributed by atoms with Crippen LogP contribution in [0.25, 0.3) is 22.3 Å². The number of benzene rings is 2. The molecule has 0 amide bonds. The number of carbonyl (C=O) groups is 1. The van der Waals surface area contributed by atoms with Crippen LogP contribution in [0, 0.1) is 5.92 Å². The molecule has 1 N–H and O–H groups in total. The van der Waals surface area contributed by atoms with Crippen LogP contribution in [0.15, 0.2) is 51.7 Å². The lowest BCUT2D eigenvalue weighted by Crippen LogP contribution is -2.37. The minimum atomic E-state index is -0.782. The molecule has 1 heterocycles. The van der Waals surface area contributed by atoms with Crippen LogP contribution < -0.4 is 14.9 Å². The highest BCUT2D eigenvalue weighted by Gasteiger charge is 2.35. The molecule has 0 atom stereocenters. The summed E-state index contributed by atoms with van der Waals surface area (Å²) in [5.41, 5.74) is 0.699. The maximum absolute atomic E-state index is 12.6. The molecule has 1 fully saturated rings. The van der Waals surface area contributed by atoms with Gasteiger partial charge in [0.15, 0.2) is 11.0 Å². The minimum Gasteiger partial charge on any atom is -0.494 e. The molecule has 3 aromatic rings. The fourth-order valence-corrected chi connectivity index (χ4v) is 3.84. The molecule has 0 saturated heterocycles. The summed E-state index contributed by atoms with van der Waals surface area (Å²) in [6.07, 6.45) is 0.974. The maximum atomic E-state index is 12.6. The van der Waals surface area contributed by atoms with E-state index < -0.39 is 5.97 Å². The van der Waals surface area contributed by atoms with E-state index in [-0.39, 0.29) is 24.1 Å². The minimum absolute atomic E-state index is 0.0606. The second-order valence-electron chi connectivity index (χ2n) is 7.53. The number of carboxylic acid groups (broad SMARTS) is 1. The number of fused-ring (bicyclic) bond motifs is 1. The first-order chi connectivity index (χ1) is 15.5. The van der Waals surface area contributed by atoms with Crippen molar-refractivity contribution in [3.8, 4) is 22.8 Å². The molecule has 0 bridgehead atoms. The molecule has 8 heteroatoms. The van der Waals surface area contributed by atoms with Crippen molar-refractivity contribution in [1.82, 2.24) is 0 Å². The first kappa shape index (κ1) is 22.2. The Kier molecular flexibility index (Phi) is 6.67. The highest BCUT2D eigenvalue weighted by molar-refractivity contribution is 6.34. The van der Waals surface area contributed by atoms with Gasteiger partial charge in [0.1, 0.15) is 23.9 Å². The zero-order valence-corrected chi connectivity index (χ0v) is 18.3. The smallest absolute Gasteiger partial charge is 0.306 e. The Morgan fingerprint density at radius 2 is 1.97 bits per heavy atom. The predicted octanol–water partition coefficient (Wildman–Crippen LogP) is 4.77. The Labute approximate surface area is 189 Å². The normalized spacial score (nSPS) is 17.7. The fraction of sp³-hybridized carbons (Fsp3) is 0.333. The van der Waals surface area contributed by atoms with Crippen LogP contribution in [-0.2, 0) is 9.53 Å². The average molecular weight is 459 g/mol. The topological polar surface area (TPSA) is 95.2 Å². The van der Waals surface area contributed by atoms with E-state index in [2.05, 4.69) is 0 Å². The van der Waals surface area contributed by atoms with Crippen LogP contribution in [0.3, 0.4) is 0 Å². The van der Waals surface area contributed by atoms with Crippen molar-refractivity contribution >= 4 is 28.5 Å². The van der Waals surface area contributed by atoms with Crippen molar-refractivity contribution < 1.29 is 28.5 Å². The molecule has 4 rings (SSSR count). The second-order valence-corrected chi connectivity index (χ2v) is 7.94. The van der Waals surface area contributed by atoms with Crippen molar-refractivity contribution in [2.24, 2.45) is 5.92 Å². The van der Waals surface area contributed by atoms with Gasteiger partial charge in [0.25, 0.3) is 0 Å².